The van der Waals surface area contributed by atoms with Gasteiger partial charge in [-0.05, 0) is 18.2 Å². The molecule has 0 aliphatic carbocycles. The molecular formula is C23H22N4O3S. The van der Waals surface area contributed by atoms with Gasteiger partial charge in [-0.1, -0.05) is 37.3 Å². The number of nitrogens with zero attached hydrogens (tertiary/aromatic N) is 3. The highest BCUT2D eigenvalue weighted by Crippen LogP contribution is 2.23. The summed E-state index contributed by atoms with van der Waals surface area (Å²) in [4.78, 5) is 29.3. The third-order valence-electron chi connectivity index (χ3n) is 4.79. The molecule has 0 unspecified atom stereocenters. The average Bonchev–Trinajstić information content (AvgIpc) is 3.48. The van der Waals surface area contributed by atoms with Gasteiger partial charge in [0, 0.05) is 30.0 Å². The van der Waals surface area contributed by atoms with Crippen LogP contribution < -0.4 is 10.9 Å². The van der Waals surface area contributed by atoms with Crippen LogP contribution in [0.25, 0.3) is 22.0 Å². The molecule has 0 saturated heterocycles. The van der Waals surface area contributed by atoms with Gasteiger partial charge in [-0.3, -0.25) is 9.59 Å². The minimum atomic E-state index is -0.410. The average molecular weight is 435 g/mol. The van der Waals surface area contributed by atoms with E-state index in [1.165, 1.54) is 10.7 Å². The molecular weight excluding hydrogens is 412 g/mol. The maximum Gasteiger partial charge on any atom is 0.266 e. The predicted molar refractivity (Wildman–Crippen MR) is 120 cm³/mol. The van der Waals surface area contributed by atoms with Crippen LogP contribution in [0.15, 0.2) is 75.5 Å². The molecule has 0 saturated carbocycles. The topological polar surface area (TPSA) is 90.0 Å². The number of rotatable bonds is 8. The molecule has 1 N–H and O–H groups in total. The van der Waals surface area contributed by atoms with E-state index in [9.17, 15) is 9.59 Å². The smallest absolute Gasteiger partial charge is 0.266 e. The van der Waals surface area contributed by atoms with Gasteiger partial charge in [0.2, 0.25) is 5.91 Å². The van der Waals surface area contributed by atoms with Gasteiger partial charge in [0.15, 0.2) is 5.76 Å². The van der Waals surface area contributed by atoms with Crippen LogP contribution in [0.2, 0.25) is 0 Å². The third kappa shape index (κ3) is 5.16. The summed E-state index contributed by atoms with van der Waals surface area (Å²) in [5, 5.41) is 10.2. The highest BCUT2D eigenvalue weighted by atomic mass is 32.1. The zero-order chi connectivity index (χ0) is 21.6. The largest absolute Gasteiger partial charge is 0.463 e. The van der Waals surface area contributed by atoms with Crippen molar-refractivity contribution < 1.29 is 9.21 Å². The van der Waals surface area contributed by atoms with E-state index in [2.05, 4.69) is 15.4 Å². The van der Waals surface area contributed by atoms with E-state index in [0.29, 0.717) is 24.4 Å². The highest BCUT2D eigenvalue weighted by molar-refractivity contribution is 7.13. The maximum atomic E-state index is 12.5. The van der Waals surface area contributed by atoms with E-state index in [0.717, 1.165) is 16.3 Å². The SMILES string of the molecule is C[C@@H](Cn1nc(-c2ccco2)ccc1=O)C(=O)NCCc1csc(-c2ccccc2)n1. The lowest BCUT2D eigenvalue weighted by Crippen LogP contribution is -2.35. The lowest BCUT2D eigenvalue weighted by molar-refractivity contribution is -0.124. The van der Waals surface area contributed by atoms with Crippen LogP contribution >= 0.6 is 11.3 Å². The van der Waals surface area contributed by atoms with Gasteiger partial charge in [0.25, 0.3) is 5.56 Å². The number of benzene rings is 1. The molecule has 4 aromatic rings. The zero-order valence-corrected chi connectivity index (χ0v) is 17.8. The first-order valence-electron chi connectivity index (χ1n) is 10.00. The summed E-state index contributed by atoms with van der Waals surface area (Å²) in [5.74, 6) is 0.0342. The molecule has 0 aliphatic rings. The Hall–Kier alpha value is -3.52. The first kappa shape index (κ1) is 20.7. The molecule has 0 radical (unpaired) electrons. The minimum absolute atomic E-state index is 0.129. The van der Waals surface area contributed by atoms with Gasteiger partial charge >= 0.3 is 0 Å². The monoisotopic (exact) mass is 434 g/mol. The highest BCUT2D eigenvalue weighted by Gasteiger charge is 2.16. The lowest BCUT2D eigenvalue weighted by atomic mass is 10.1. The van der Waals surface area contributed by atoms with E-state index in [4.69, 9.17) is 4.42 Å². The first-order chi connectivity index (χ1) is 15.1. The summed E-state index contributed by atoms with van der Waals surface area (Å²) in [6.45, 7) is 2.45. The van der Waals surface area contributed by atoms with E-state index in [1.807, 2.05) is 35.7 Å². The number of nitrogens with one attached hydrogen (secondary N) is 1. The summed E-state index contributed by atoms with van der Waals surface area (Å²) >= 11 is 1.59. The molecule has 1 atom stereocenters. The van der Waals surface area contributed by atoms with E-state index in [-0.39, 0.29) is 18.0 Å². The maximum absolute atomic E-state index is 12.5. The standard InChI is InChI=1S/C23H22N4O3S/c1-16(14-27-21(28)10-9-19(26-27)20-8-5-13-30-20)22(29)24-12-11-18-15-31-23(25-18)17-6-3-2-4-7-17/h2-10,13,15-16H,11-12,14H2,1H3,(H,24,29)/t16-/m0/s1. The fourth-order valence-corrected chi connectivity index (χ4v) is 3.96. The van der Waals surface area contributed by atoms with Gasteiger partial charge in [-0.25, -0.2) is 9.67 Å². The molecule has 0 fully saturated rings. The van der Waals surface area contributed by atoms with E-state index in [1.54, 1.807) is 42.7 Å². The Bertz CT molecular complexity index is 1200. The summed E-state index contributed by atoms with van der Waals surface area (Å²) in [6.07, 6.45) is 2.20. The molecule has 4 rings (SSSR count). The third-order valence-corrected chi connectivity index (χ3v) is 5.73. The molecule has 31 heavy (non-hydrogen) atoms. The molecule has 7 nitrogen and oxygen atoms in total. The van der Waals surface area contributed by atoms with Crippen molar-refractivity contribution in [1.82, 2.24) is 20.1 Å². The number of hydrogen-bond acceptors (Lipinski definition) is 6. The number of carbonyl (C=O) groups excluding carboxylic acids is 1. The number of thiazole rings is 1. The summed E-state index contributed by atoms with van der Waals surface area (Å²) in [5.41, 5.74) is 2.33. The Morgan fingerprint density at radius 3 is 2.77 bits per heavy atom. The Balaban J connectivity index is 1.31. The van der Waals surface area contributed by atoms with Gasteiger partial charge in [0.1, 0.15) is 10.7 Å². The van der Waals surface area contributed by atoms with Crippen molar-refractivity contribution in [3.8, 4) is 22.0 Å². The summed E-state index contributed by atoms with van der Waals surface area (Å²) in [7, 11) is 0. The van der Waals surface area contributed by atoms with Crippen molar-refractivity contribution in [3.63, 3.8) is 0 Å². The fraction of sp³-hybridized carbons (Fsp3) is 0.217. The molecule has 158 valence electrons. The number of hydrogen-bond donors (Lipinski definition) is 1. The second kappa shape index (κ2) is 9.53. The van der Waals surface area contributed by atoms with Crippen LogP contribution in [0, 0.1) is 5.92 Å². The molecule has 0 spiro atoms. The van der Waals surface area contributed by atoms with Crippen LogP contribution in [-0.2, 0) is 17.8 Å². The Morgan fingerprint density at radius 1 is 1.16 bits per heavy atom. The molecule has 0 aliphatic heterocycles. The van der Waals surface area contributed by atoms with Crippen LogP contribution in [0.3, 0.4) is 0 Å². The van der Waals surface area contributed by atoms with Crippen LogP contribution in [-0.4, -0.2) is 27.2 Å². The second-order valence-corrected chi connectivity index (χ2v) is 8.03. The van der Waals surface area contributed by atoms with E-state index >= 15 is 0 Å². The first-order valence-corrected chi connectivity index (χ1v) is 10.9. The van der Waals surface area contributed by atoms with Crippen molar-refractivity contribution in [2.75, 3.05) is 6.54 Å². The van der Waals surface area contributed by atoms with Gasteiger partial charge in [0.05, 0.1) is 24.4 Å². The Labute approximate surface area is 183 Å². The quantitative estimate of drug-likeness (QED) is 0.457. The molecule has 1 aromatic carbocycles. The normalized spacial score (nSPS) is 11.9. The van der Waals surface area contributed by atoms with Crippen molar-refractivity contribution in [2.45, 2.75) is 19.9 Å². The number of amides is 1. The number of carbonyl (C=O) groups is 1. The van der Waals surface area contributed by atoms with Crippen molar-refractivity contribution in [1.29, 1.82) is 0 Å². The fourth-order valence-electron chi connectivity index (χ4n) is 3.10. The van der Waals surface area contributed by atoms with Crippen molar-refractivity contribution in [2.24, 2.45) is 5.92 Å². The van der Waals surface area contributed by atoms with Crippen LogP contribution in [0.4, 0.5) is 0 Å². The van der Waals surface area contributed by atoms with Gasteiger partial charge in [-0.2, -0.15) is 5.10 Å². The molecule has 0 bridgehead atoms. The Kier molecular flexibility index (Phi) is 6.37. The summed E-state index contributed by atoms with van der Waals surface area (Å²) in [6, 6.07) is 16.6. The number of furan rings is 1. The lowest BCUT2D eigenvalue weighted by Gasteiger charge is -2.13. The number of aromatic nitrogens is 3. The van der Waals surface area contributed by atoms with Crippen molar-refractivity contribution in [3.05, 3.63) is 82.3 Å². The van der Waals surface area contributed by atoms with Gasteiger partial charge < -0.3 is 9.73 Å². The zero-order valence-electron chi connectivity index (χ0n) is 17.0. The molecule has 3 heterocycles. The molecule has 3 aromatic heterocycles. The van der Waals surface area contributed by atoms with Crippen LogP contribution in [0.5, 0.6) is 0 Å². The van der Waals surface area contributed by atoms with E-state index < -0.39 is 5.92 Å². The summed E-state index contributed by atoms with van der Waals surface area (Å²) < 4.78 is 6.63. The van der Waals surface area contributed by atoms with Crippen molar-refractivity contribution >= 4 is 17.2 Å². The minimum Gasteiger partial charge on any atom is -0.463 e. The second-order valence-electron chi connectivity index (χ2n) is 7.17. The predicted octanol–water partition coefficient (Wildman–Crippen LogP) is 3.62. The van der Waals surface area contributed by atoms with Crippen LogP contribution in [0.1, 0.15) is 12.6 Å². The molecule has 8 heteroatoms. The molecule has 1 amide bonds. The Morgan fingerprint density at radius 2 is 2.00 bits per heavy atom. The van der Waals surface area contributed by atoms with Gasteiger partial charge in [-0.15, -0.1) is 11.3 Å².